The SMILES string of the molecule is CCCCc1c(C)nc(N)nc1N1C[C@H]2C[C@@H](Nc3ccccn3)[C@H](OC)C[C@H]2C1.O=CO. The molecule has 1 aliphatic carbocycles. The third-order valence-corrected chi connectivity index (χ3v) is 6.71. The van der Waals surface area contributed by atoms with Crippen LogP contribution in [0.2, 0.25) is 0 Å². The minimum Gasteiger partial charge on any atom is -0.483 e. The molecule has 9 heteroatoms. The molecule has 1 aliphatic heterocycles. The van der Waals surface area contributed by atoms with Gasteiger partial charge in [0.25, 0.3) is 6.47 Å². The average molecular weight is 457 g/mol. The Balaban J connectivity index is 0.000000968. The van der Waals surface area contributed by atoms with E-state index in [1.165, 1.54) is 5.56 Å². The number of anilines is 3. The van der Waals surface area contributed by atoms with E-state index in [1.54, 1.807) is 0 Å². The lowest BCUT2D eigenvalue weighted by Gasteiger charge is -2.37. The van der Waals surface area contributed by atoms with Crippen molar-refractivity contribution in [3.63, 3.8) is 0 Å². The summed E-state index contributed by atoms with van der Waals surface area (Å²) >= 11 is 0. The fourth-order valence-electron chi connectivity index (χ4n) is 5.15. The van der Waals surface area contributed by atoms with Crippen LogP contribution in [-0.2, 0) is 16.0 Å². The van der Waals surface area contributed by atoms with Gasteiger partial charge in [0.1, 0.15) is 11.6 Å². The van der Waals surface area contributed by atoms with Crippen molar-refractivity contribution in [2.75, 3.05) is 36.1 Å². The number of nitrogen functional groups attached to an aromatic ring is 1. The summed E-state index contributed by atoms with van der Waals surface area (Å²) in [5, 5.41) is 10.5. The fourth-order valence-corrected chi connectivity index (χ4v) is 5.15. The molecule has 1 saturated heterocycles. The largest absolute Gasteiger partial charge is 0.483 e. The molecule has 2 fully saturated rings. The van der Waals surface area contributed by atoms with Gasteiger partial charge in [0.15, 0.2) is 0 Å². The van der Waals surface area contributed by atoms with E-state index in [1.807, 2.05) is 31.5 Å². The number of aromatic nitrogens is 3. The van der Waals surface area contributed by atoms with E-state index in [2.05, 4.69) is 39.0 Å². The number of pyridine rings is 1. The molecule has 2 aliphatic rings. The van der Waals surface area contributed by atoms with Crippen LogP contribution in [0.4, 0.5) is 17.6 Å². The van der Waals surface area contributed by atoms with Gasteiger partial charge < -0.3 is 25.8 Å². The number of carbonyl (C=O) groups is 1. The predicted molar refractivity (Wildman–Crippen MR) is 129 cm³/mol. The zero-order valence-corrected chi connectivity index (χ0v) is 19.8. The predicted octanol–water partition coefficient (Wildman–Crippen LogP) is 3.15. The molecule has 0 amide bonds. The van der Waals surface area contributed by atoms with Gasteiger partial charge in [0.05, 0.1) is 12.1 Å². The topological polar surface area (TPSA) is 126 Å². The van der Waals surface area contributed by atoms with Crippen molar-refractivity contribution in [2.45, 2.75) is 58.1 Å². The molecule has 3 heterocycles. The lowest BCUT2D eigenvalue weighted by atomic mass is 9.77. The number of unbranched alkanes of at least 4 members (excludes halogenated alkanes) is 1. The van der Waals surface area contributed by atoms with Crippen molar-refractivity contribution in [1.29, 1.82) is 0 Å². The second-order valence-electron chi connectivity index (χ2n) is 8.81. The summed E-state index contributed by atoms with van der Waals surface area (Å²) in [5.41, 5.74) is 8.32. The molecule has 4 atom stereocenters. The summed E-state index contributed by atoms with van der Waals surface area (Å²) in [7, 11) is 1.82. The van der Waals surface area contributed by atoms with Crippen molar-refractivity contribution in [1.82, 2.24) is 15.0 Å². The van der Waals surface area contributed by atoms with Crippen LogP contribution in [0.5, 0.6) is 0 Å². The van der Waals surface area contributed by atoms with Crippen LogP contribution >= 0.6 is 0 Å². The standard InChI is InChI=1S/C23H34N6O.CH2O2/c1-4-5-8-18-15(2)26-23(24)28-22(18)29-13-16-11-19(20(30-3)12-17(16)14-29)27-21-9-6-7-10-25-21;2-1-3/h6-7,9-10,16-17,19-20H,4-5,8,11-14H2,1-3H3,(H,25,27)(H2,24,26,28);1H,(H,2,3)/t16-,17+,19-,20-;/m1./s1. The van der Waals surface area contributed by atoms with Crippen molar-refractivity contribution in [3.05, 3.63) is 35.7 Å². The molecule has 0 spiro atoms. The van der Waals surface area contributed by atoms with Crippen LogP contribution in [-0.4, -0.2) is 58.9 Å². The smallest absolute Gasteiger partial charge is 0.290 e. The maximum absolute atomic E-state index is 8.36. The second-order valence-corrected chi connectivity index (χ2v) is 8.81. The minimum atomic E-state index is -0.250. The first kappa shape index (κ1) is 24.7. The lowest BCUT2D eigenvalue weighted by Crippen LogP contribution is -2.44. The number of rotatable bonds is 7. The van der Waals surface area contributed by atoms with Gasteiger partial charge in [0.2, 0.25) is 5.95 Å². The molecule has 0 aromatic carbocycles. The first-order valence-electron chi connectivity index (χ1n) is 11.7. The van der Waals surface area contributed by atoms with Gasteiger partial charge in [-0.2, -0.15) is 4.98 Å². The number of hydrogen-bond donors (Lipinski definition) is 3. The molecule has 4 rings (SSSR count). The zero-order valence-electron chi connectivity index (χ0n) is 19.8. The molecule has 0 radical (unpaired) electrons. The van der Waals surface area contributed by atoms with Crippen molar-refractivity contribution < 1.29 is 14.6 Å². The zero-order chi connectivity index (χ0) is 23.8. The maximum atomic E-state index is 8.36. The molecule has 2 aromatic rings. The number of ether oxygens (including phenoxy) is 1. The molecule has 1 saturated carbocycles. The normalized spacial score (nSPS) is 23.9. The number of hydrogen-bond acceptors (Lipinski definition) is 8. The highest BCUT2D eigenvalue weighted by atomic mass is 16.5. The van der Waals surface area contributed by atoms with E-state index < -0.39 is 0 Å². The summed E-state index contributed by atoms with van der Waals surface area (Å²) < 4.78 is 5.89. The lowest BCUT2D eigenvalue weighted by molar-refractivity contribution is -0.122. The fraction of sp³-hybridized carbons (Fsp3) is 0.583. The summed E-state index contributed by atoms with van der Waals surface area (Å²) in [5.74, 6) is 3.55. The van der Waals surface area contributed by atoms with Crippen LogP contribution in [0.1, 0.15) is 43.9 Å². The van der Waals surface area contributed by atoms with E-state index >= 15 is 0 Å². The Morgan fingerprint density at radius 3 is 2.64 bits per heavy atom. The van der Waals surface area contributed by atoms with Gasteiger partial charge in [-0.05, 0) is 56.6 Å². The Morgan fingerprint density at radius 1 is 1.27 bits per heavy atom. The number of carboxylic acid groups (broad SMARTS) is 1. The Bertz CT molecular complexity index is 897. The van der Waals surface area contributed by atoms with Gasteiger partial charge in [0, 0.05) is 37.7 Å². The monoisotopic (exact) mass is 456 g/mol. The molecule has 180 valence electrons. The van der Waals surface area contributed by atoms with Crippen LogP contribution in [0, 0.1) is 18.8 Å². The highest BCUT2D eigenvalue weighted by molar-refractivity contribution is 5.53. The number of fused-ring (bicyclic) bond motifs is 1. The van der Waals surface area contributed by atoms with E-state index in [0.29, 0.717) is 17.8 Å². The second kappa shape index (κ2) is 11.8. The van der Waals surface area contributed by atoms with Crippen LogP contribution < -0.4 is 16.0 Å². The summed E-state index contributed by atoms with van der Waals surface area (Å²) in [6.45, 7) is 6.05. The van der Waals surface area contributed by atoms with E-state index in [0.717, 1.165) is 62.5 Å². The molecule has 4 N–H and O–H groups in total. The van der Waals surface area contributed by atoms with Crippen LogP contribution in [0.25, 0.3) is 0 Å². The van der Waals surface area contributed by atoms with Crippen molar-refractivity contribution >= 4 is 24.1 Å². The number of methoxy groups -OCH3 is 1. The quantitative estimate of drug-likeness (QED) is 0.538. The van der Waals surface area contributed by atoms with Gasteiger partial charge in [-0.15, -0.1) is 0 Å². The number of nitrogens with zero attached hydrogens (tertiary/aromatic N) is 4. The van der Waals surface area contributed by atoms with Crippen LogP contribution in [0.15, 0.2) is 24.4 Å². The number of aryl methyl sites for hydroxylation is 1. The van der Waals surface area contributed by atoms with E-state index in [9.17, 15) is 0 Å². The number of nitrogens with two attached hydrogens (primary N) is 1. The molecule has 0 bridgehead atoms. The highest BCUT2D eigenvalue weighted by Gasteiger charge is 2.43. The van der Waals surface area contributed by atoms with Gasteiger partial charge >= 0.3 is 0 Å². The van der Waals surface area contributed by atoms with Crippen molar-refractivity contribution in [2.24, 2.45) is 11.8 Å². The Labute approximate surface area is 195 Å². The van der Waals surface area contributed by atoms with E-state index in [-0.39, 0.29) is 18.6 Å². The third kappa shape index (κ3) is 6.10. The van der Waals surface area contributed by atoms with Crippen molar-refractivity contribution in [3.8, 4) is 0 Å². The summed E-state index contributed by atoms with van der Waals surface area (Å²) in [4.78, 5) is 24.4. The van der Waals surface area contributed by atoms with Gasteiger partial charge in [-0.25, -0.2) is 9.97 Å². The number of nitrogens with one attached hydrogen (secondary N) is 1. The minimum absolute atomic E-state index is 0.185. The molecule has 33 heavy (non-hydrogen) atoms. The first-order valence-corrected chi connectivity index (χ1v) is 11.7. The van der Waals surface area contributed by atoms with E-state index in [4.69, 9.17) is 20.4 Å². The van der Waals surface area contributed by atoms with Gasteiger partial charge in [-0.1, -0.05) is 19.4 Å². The molecule has 9 nitrogen and oxygen atoms in total. The molecular weight excluding hydrogens is 420 g/mol. The third-order valence-electron chi connectivity index (χ3n) is 6.71. The summed E-state index contributed by atoms with van der Waals surface area (Å²) in [6, 6.07) is 6.24. The Morgan fingerprint density at radius 2 is 2.00 bits per heavy atom. The average Bonchev–Trinajstić information content (AvgIpc) is 3.21. The highest BCUT2D eigenvalue weighted by Crippen LogP contribution is 2.40. The van der Waals surface area contributed by atoms with Gasteiger partial charge in [-0.3, -0.25) is 4.79 Å². The maximum Gasteiger partial charge on any atom is 0.290 e. The molecular formula is C24H36N6O3. The molecule has 0 unspecified atom stereocenters. The van der Waals surface area contributed by atoms with Crippen LogP contribution in [0.3, 0.4) is 0 Å². The Kier molecular flexibility index (Phi) is 8.82. The summed E-state index contributed by atoms with van der Waals surface area (Å²) in [6.07, 6.45) is 7.44. The first-order chi connectivity index (χ1) is 16.0. The molecule has 2 aromatic heterocycles. The Hall–Kier alpha value is -2.94.